The third-order valence-corrected chi connectivity index (χ3v) is 12.7. The summed E-state index contributed by atoms with van der Waals surface area (Å²) in [6.07, 6.45) is 48.6. The molecule has 0 aliphatic carbocycles. The van der Waals surface area contributed by atoms with Crippen molar-refractivity contribution in [2.45, 2.75) is 288 Å². The van der Waals surface area contributed by atoms with E-state index in [9.17, 15) is 30.0 Å². The number of ether oxygens (including phenoxy) is 4. The zero-order valence-electron chi connectivity index (χ0n) is 42.5. The maximum atomic E-state index is 12.9. The molecule has 1 saturated heterocycles. The van der Waals surface area contributed by atoms with Gasteiger partial charge in [0.1, 0.15) is 31.0 Å². The SMILES string of the molecule is CCCCCCC/C=C\C/C=C\CCCCCCCCCCCCCC(=O)OC(COC(=O)CCCCCCCCC/C=C\CCCCCCCCC)COC1OC(CO)C(O)C(O)C1O. The van der Waals surface area contributed by atoms with Crippen molar-refractivity contribution >= 4 is 11.9 Å². The van der Waals surface area contributed by atoms with Crippen LogP contribution in [-0.2, 0) is 28.5 Å². The number of aliphatic hydroxyl groups excluding tert-OH is 4. The first-order valence-electron chi connectivity index (χ1n) is 27.6. The molecule has 386 valence electrons. The van der Waals surface area contributed by atoms with Crippen LogP contribution in [0.4, 0.5) is 0 Å². The van der Waals surface area contributed by atoms with Crippen LogP contribution in [0.1, 0.15) is 251 Å². The van der Waals surface area contributed by atoms with Crippen molar-refractivity contribution in [3.8, 4) is 0 Å². The lowest BCUT2D eigenvalue weighted by molar-refractivity contribution is -0.305. The maximum absolute atomic E-state index is 12.9. The molecule has 6 atom stereocenters. The van der Waals surface area contributed by atoms with Crippen molar-refractivity contribution in [2.75, 3.05) is 19.8 Å². The highest BCUT2D eigenvalue weighted by atomic mass is 16.7. The van der Waals surface area contributed by atoms with E-state index in [4.69, 9.17) is 18.9 Å². The fraction of sp³-hybridized carbons (Fsp3) is 0.857. The molecule has 66 heavy (non-hydrogen) atoms. The molecule has 0 spiro atoms. The zero-order chi connectivity index (χ0) is 48.0. The van der Waals surface area contributed by atoms with Gasteiger partial charge in [-0.15, -0.1) is 0 Å². The highest BCUT2D eigenvalue weighted by molar-refractivity contribution is 5.70. The van der Waals surface area contributed by atoms with Gasteiger partial charge in [-0.05, 0) is 70.6 Å². The Labute approximate surface area is 404 Å². The first kappa shape index (κ1) is 61.9. The Balaban J connectivity index is 2.23. The lowest BCUT2D eigenvalue weighted by atomic mass is 9.99. The molecule has 1 aliphatic heterocycles. The van der Waals surface area contributed by atoms with Crippen LogP contribution in [0, 0.1) is 0 Å². The molecule has 1 aliphatic rings. The Morgan fingerprint density at radius 2 is 0.848 bits per heavy atom. The van der Waals surface area contributed by atoms with Crippen LogP contribution in [0.15, 0.2) is 36.5 Å². The number of rotatable bonds is 47. The predicted octanol–water partition coefficient (Wildman–Crippen LogP) is 13.4. The molecule has 6 unspecified atom stereocenters. The molecule has 4 N–H and O–H groups in total. The molecular weight excluding hydrogens is 833 g/mol. The number of allylic oxidation sites excluding steroid dienone is 6. The van der Waals surface area contributed by atoms with Gasteiger partial charge >= 0.3 is 11.9 Å². The largest absolute Gasteiger partial charge is 0.462 e. The number of carbonyl (C=O) groups is 2. The summed E-state index contributed by atoms with van der Waals surface area (Å²) in [7, 11) is 0. The Morgan fingerprint density at radius 1 is 0.470 bits per heavy atom. The lowest BCUT2D eigenvalue weighted by Crippen LogP contribution is -2.59. The molecule has 0 aromatic rings. The van der Waals surface area contributed by atoms with Crippen molar-refractivity contribution in [1.29, 1.82) is 0 Å². The molecular formula is C56H102O10. The molecule has 0 aromatic heterocycles. The Bertz CT molecular complexity index is 1170. The summed E-state index contributed by atoms with van der Waals surface area (Å²) in [5.41, 5.74) is 0. The van der Waals surface area contributed by atoms with Crippen molar-refractivity contribution in [1.82, 2.24) is 0 Å². The third kappa shape index (κ3) is 36.9. The monoisotopic (exact) mass is 935 g/mol. The van der Waals surface area contributed by atoms with E-state index in [1.54, 1.807) is 0 Å². The van der Waals surface area contributed by atoms with Crippen LogP contribution in [0.5, 0.6) is 0 Å². The van der Waals surface area contributed by atoms with Gasteiger partial charge in [-0.1, -0.05) is 204 Å². The lowest BCUT2D eigenvalue weighted by Gasteiger charge is -2.39. The van der Waals surface area contributed by atoms with E-state index in [0.717, 1.165) is 57.8 Å². The van der Waals surface area contributed by atoms with Gasteiger partial charge in [-0.25, -0.2) is 0 Å². The van der Waals surface area contributed by atoms with Crippen LogP contribution < -0.4 is 0 Å². The van der Waals surface area contributed by atoms with Crippen LogP contribution >= 0.6 is 0 Å². The second kappa shape index (κ2) is 46.6. The van der Waals surface area contributed by atoms with Gasteiger partial charge in [-0.2, -0.15) is 0 Å². The Kier molecular flexibility index (Phi) is 43.8. The standard InChI is InChI=1S/C56H102O10/c1-3-5-7-9-11-13-15-17-19-21-23-24-25-26-27-29-31-33-35-37-39-41-43-45-52(59)65-49(48-64-56-55(62)54(61)53(60)50(46-57)66-56)47-63-51(58)44-42-40-38-36-34-32-30-28-22-20-18-16-14-12-10-8-6-4-2/h15,17,20-23,49-50,53-57,60-62H,3-14,16,18-19,24-48H2,1-2H3/b17-15-,22-20-,23-21-. The van der Waals surface area contributed by atoms with Gasteiger partial charge in [0.15, 0.2) is 12.4 Å². The second-order valence-electron chi connectivity index (χ2n) is 19.0. The molecule has 0 saturated carbocycles. The van der Waals surface area contributed by atoms with E-state index in [2.05, 4.69) is 50.3 Å². The summed E-state index contributed by atoms with van der Waals surface area (Å²) in [6, 6.07) is 0. The first-order chi connectivity index (χ1) is 32.3. The maximum Gasteiger partial charge on any atom is 0.306 e. The van der Waals surface area contributed by atoms with Crippen LogP contribution in [0.3, 0.4) is 0 Å². The fourth-order valence-electron chi connectivity index (χ4n) is 8.39. The summed E-state index contributed by atoms with van der Waals surface area (Å²) in [4.78, 5) is 25.5. The fourth-order valence-corrected chi connectivity index (χ4v) is 8.39. The number of carbonyl (C=O) groups excluding carboxylic acids is 2. The van der Waals surface area contributed by atoms with Crippen molar-refractivity contribution in [2.24, 2.45) is 0 Å². The van der Waals surface area contributed by atoms with E-state index < -0.39 is 49.4 Å². The summed E-state index contributed by atoms with van der Waals surface area (Å²) < 4.78 is 22.3. The first-order valence-corrected chi connectivity index (χ1v) is 27.6. The average molecular weight is 935 g/mol. The molecule has 0 bridgehead atoms. The molecule has 0 aromatic carbocycles. The number of hydrogen-bond acceptors (Lipinski definition) is 10. The molecule has 1 fully saturated rings. The summed E-state index contributed by atoms with van der Waals surface area (Å²) >= 11 is 0. The third-order valence-electron chi connectivity index (χ3n) is 12.7. The van der Waals surface area contributed by atoms with Crippen molar-refractivity contribution in [3.05, 3.63) is 36.5 Å². The minimum atomic E-state index is -1.60. The number of hydrogen-bond donors (Lipinski definition) is 4. The van der Waals surface area contributed by atoms with Gasteiger partial charge < -0.3 is 39.4 Å². The van der Waals surface area contributed by atoms with E-state index >= 15 is 0 Å². The van der Waals surface area contributed by atoms with Gasteiger partial charge in [-0.3, -0.25) is 9.59 Å². The molecule has 1 heterocycles. The topological polar surface area (TPSA) is 152 Å². The van der Waals surface area contributed by atoms with Gasteiger partial charge in [0.25, 0.3) is 0 Å². The molecule has 10 heteroatoms. The summed E-state index contributed by atoms with van der Waals surface area (Å²) in [5, 5.41) is 40.3. The number of aliphatic hydroxyl groups is 4. The highest BCUT2D eigenvalue weighted by Crippen LogP contribution is 2.23. The highest BCUT2D eigenvalue weighted by Gasteiger charge is 2.44. The molecule has 1 rings (SSSR count). The Morgan fingerprint density at radius 3 is 1.27 bits per heavy atom. The Hall–Kier alpha value is -2.08. The van der Waals surface area contributed by atoms with E-state index in [-0.39, 0.29) is 32.0 Å². The molecule has 0 radical (unpaired) electrons. The quantitative estimate of drug-likeness (QED) is 0.0264. The second-order valence-corrected chi connectivity index (χ2v) is 19.0. The zero-order valence-corrected chi connectivity index (χ0v) is 42.5. The van der Waals surface area contributed by atoms with Gasteiger partial charge in [0.05, 0.1) is 13.2 Å². The normalized spacial score (nSPS) is 19.4. The average Bonchev–Trinajstić information content (AvgIpc) is 3.32. The number of esters is 2. The van der Waals surface area contributed by atoms with Crippen LogP contribution in [0.25, 0.3) is 0 Å². The van der Waals surface area contributed by atoms with E-state index in [1.807, 2.05) is 0 Å². The smallest absolute Gasteiger partial charge is 0.306 e. The van der Waals surface area contributed by atoms with Gasteiger partial charge in [0.2, 0.25) is 0 Å². The summed E-state index contributed by atoms with van der Waals surface area (Å²) in [6.45, 7) is 3.44. The predicted molar refractivity (Wildman–Crippen MR) is 270 cm³/mol. The molecule has 10 nitrogen and oxygen atoms in total. The molecule has 0 amide bonds. The van der Waals surface area contributed by atoms with Crippen LogP contribution in [-0.4, -0.2) is 89.0 Å². The van der Waals surface area contributed by atoms with E-state index in [1.165, 1.54) is 161 Å². The van der Waals surface area contributed by atoms with E-state index in [0.29, 0.717) is 6.42 Å². The minimum Gasteiger partial charge on any atom is -0.462 e. The van der Waals surface area contributed by atoms with Gasteiger partial charge in [0, 0.05) is 12.8 Å². The van der Waals surface area contributed by atoms with Crippen molar-refractivity contribution in [3.63, 3.8) is 0 Å². The summed E-state index contributed by atoms with van der Waals surface area (Å²) in [5.74, 6) is -0.804. The van der Waals surface area contributed by atoms with Crippen LogP contribution in [0.2, 0.25) is 0 Å². The minimum absolute atomic E-state index is 0.218. The number of unbranched alkanes of at least 4 members (excludes halogenated alkanes) is 30. The van der Waals surface area contributed by atoms with Crippen molar-refractivity contribution < 1.29 is 49.0 Å².